The fourth-order valence-corrected chi connectivity index (χ4v) is 3.73. The fraction of sp³-hybridized carbons (Fsp3) is 0.348. The van der Waals surface area contributed by atoms with Gasteiger partial charge in [0.25, 0.3) is 12.9 Å². The third-order valence-electron chi connectivity index (χ3n) is 5.01. The highest BCUT2D eigenvalue weighted by atomic mass is 16.5. The third-order valence-corrected chi connectivity index (χ3v) is 5.01. The molecule has 33 heavy (non-hydrogen) atoms. The summed E-state index contributed by atoms with van der Waals surface area (Å²) in [5, 5.41) is 13.8. The zero-order valence-corrected chi connectivity index (χ0v) is 18.9. The summed E-state index contributed by atoms with van der Waals surface area (Å²) in [6.07, 6.45) is 3.73. The molecule has 176 valence electrons. The second-order valence-corrected chi connectivity index (χ2v) is 7.22. The van der Waals surface area contributed by atoms with Crippen molar-refractivity contribution in [1.82, 2.24) is 19.9 Å². The van der Waals surface area contributed by atoms with Crippen LogP contribution in [-0.4, -0.2) is 56.7 Å². The first-order valence-electron chi connectivity index (χ1n) is 10.4. The first-order chi connectivity index (χ1) is 16.0. The molecule has 10 nitrogen and oxygen atoms in total. The molecule has 0 aliphatic carbocycles. The van der Waals surface area contributed by atoms with Gasteiger partial charge in [-0.05, 0) is 31.0 Å². The summed E-state index contributed by atoms with van der Waals surface area (Å²) in [5.74, 6) is 2.93. The van der Waals surface area contributed by atoms with Crippen LogP contribution >= 0.6 is 0 Å². The minimum absolute atomic E-state index is 0.167. The number of anilines is 1. The van der Waals surface area contributed by atoms with Gasteiger partial charge in [-0.1, -0.05) is 19.1 Å². The van der Waals surface area contributed by atoms with E-state index >= 15 is 0 Å². The van der Waals surface area contributed by atoms with Crippen LogP contribution in [-0.2, 0) is 22.6 Å². The molecule has 4 rings (SSSR count). The van der Waals surface area contributed by atoms with Gasteiger partial charge >= 0.3 is 0 Å². The molecular weight excluding hydrogens is 426 g/mol. The lowest BCUT2D eigenvalue weighted by molar-refractivity contribution is -0.123. The number of ether oxygens (including phenoxy) is 1. The van der Waals surface area contributed by atoms with Gasteiger partial charge in [-0.3, -0.25) is 9.59 Å². The van der Waals surface area contributed by atoms with Crippen LogP contribution in [0.4, 0.5) is 5.82 Å². The van der Waals surface area contributed by atoms with E-state index < -0.39 is 0 Å². The number of aryl methyl sites for hydroxylation is 2. The van der Waals surface area contributed by atoms with Gasteiger partial charge < -0.3 is 24.8 Å². The molecular formula is C23H29N5O5. The van der Waals surface area contributed by atoms with E-state index in [1.807, 2.05) is 19.1 Å². The van der Waals surface area contributed by atoms with Crippen molar-refractivity contribution in [2.75, 3.05) is 18.6 Å². The number of nitrogens with one attached hydrogen (secondary N) is 1. The van der Waals surface area contributed by atoms with Crippen molar-refractivity contribution >= 4 is 18.8 Å². The number of H-pyrrole nitrogens is 1. The van der Waals surface area contributed by atoms with Crippen molar-refractivity contribution in [3.63, 3.8) is 0 Å². The van der Waals surface area contributed by atoms with Crippen LogP contribution in [0, 0.1) is 6.92 Å². The summed E-state index contributed by atoms with van der Waals surface area (Å²) in [6.45, 7) is 5.29. The highest BCUT2D eigenvalue weighted by Gasteiger charge is 2.30. The van der Waals surface area contributed by atoms with Crippen LogP contribution < -0.4 is 9.64 Å². The number of hydrogen-bond donors (Lipinski definition) is 3. The first-order valence-corrected chi connectivity index (χ1v) is 10.4. The van der Waals surface area contributed by atoms with E-state index in [0.29, 0.717) is 0 Å². The topological polar surface area (TPSA) is 142 Å². The number of aromatic amines is 1. The monoisotopic (exact) mass is 455 g/mol. The van der Waals surface area contributed by atoms with Gasteiger partial charge in [0.1, 0.15) is 17.4 Å². The number of carboxylic acid groups (broad SMARTS) is 2. The zero-order chi connectivity index (χ0) is 24.2. The number of carbonyl (C=O) groups is 2. The van der Waals surface area contributed by atoms with Crippen molar-refractivity contribution in [1.29, 1.82) is 0 Å². The predicted molar refractivity (Wildman–Crippen MR) is 123 cm³/mol. The number of imidazole rings is 1. The Hall–Kier alpha value is -3.95. The third kappa shape index (κ3) is 6.76. The summed E-state index contributed by atoms with van der Waals surface area (Å²) in [5.41, 5.74) is 4.46. The van der Waals surface area contributed by atoms with Gasteiger partial charge in [0.2, 0.25) is 0 Å². The SMILES string of the molecule is CCCc1nc(C)cc(N2Cc3[nH]cnc3C(c3cccc(OC)c3)C2)n1.O=CO.O=CO. The van der Waals surface area contributed by atoms with E-state index in [4.69, 9.17) is 29.5 Å². The molecule has 0 saturated carbocycles. The number of benzene rings is 1. The van der Waals surface area contributed by atoms with Gasteiger partial charge in [0.05, 0.1) is 31.4 Å². The molecule has 2 aromatic heterocycles. The van der Waals surface area contributed by atoms with E-state index in [1.165, 1.54) is 5.56 Å². The van der Waals surface area contributed by atoms with E-state index in [9.17, 15) is 0 Å². The first kappa shape index (κ1) is 25.3. The fourth-order valence-electron chi connectivity index (χ4n) is 3.73. The number of methoxy groups -OCH3 is 1. The van der Waals surface area contributed by atoms with Gasteiger partial charge in [0.15, 0.2) is 0 Å². The van der Waals surface area contributed by atoms with Crippen LogP contribution in [0.15, 0.2) is 36.7 Å². The molecule has 1 aliphatic rings. The number of aromatic nitrogens is 4. The van der Waals surface area contributed by atoms with E-state index in [2.05, 4.69) is 45.0 Å². The maximum absolute atomic E-state index is 8.36. The zero-order valence-electron chi connectivity index (χ0n) is 18.9. The highest BCUT2D eigenvalue weighted by molar-refractivity contribution is 5.47. The lowest BCUT2D eigenvalue weighted by Gasteiger charge is -2.33. The van der Waals surface area contributed by atoms with Crippen LogP contribution in [0.1, 0.15) is 47.7 Å². The van der Waals surface area contributed by atoms with Crippen LogP contribution in [0.2, 0.25) is 0 Å². The molecule has 0 radical (unpaired) electrons. The number of hydrogen-bond acceptors (Lipinski definition) is 7. The van der Waals surface area contributed by atoms with Gasteiger partial charge in [-0.2, -0.15) is 0 Å². The van der Waals surface area contributed by atoms with E-state index in [-0.39, 0.29) is 18.9 Å². The molecule has 1 atom stereocenters. The van der Waals surface area contributed by atoms with Crippen molar-refractivity contribution in [2.45, 2.75) is 39.2 Å². The van der Waals surface area contributed by atoms with Crippen molar-refractivity contribution in [2.24, 2.45) is 0 Å². The Morgan fingerprint density at radius 2 is 1.94 bits per heavy atom. The number of fused-ring (bicyclic) bond motifs is 1. The Bertz CT molecular complexity index is 1030. The average Bonchev–Trinajstić information content (AvgIpc) is 3.28. The van der Waals surface area contributed by atoms with E-state index in [1.54, 1.807) is 13.4 Å². The maximum Gasteiger partial charge on any atom is 0.290 e. The van der Waals surface area contributed by atoms with Gasteiger partial charge in [0, 0.05) is 30.6 Å². The second kappa shape index (κ2) is 12.8. The predicted octanol–water partition coefficient (Wildman–Crippen LogP) is 3.02. The Morgan fingerprint density at radius 1 is 1.21 bits per heavy atom. The summed E-state index contributed by atoms with van der Waals surface area (Å²) in [4.78, 5) is 36.4. The van der Waals surface area contributed by atoms with Crippen molar-refractivity contribution in [3.05, 3.63) is 65.1 Å². The lowest BCUT2D eigenvalue weighted by Crippen LogP contribution is -2.35. The molecule has 3 heterocycles. The molecule has 0 fully saturated rings. The average molecular weight is 456 g/mol. The molecule has 0 amide bonds. The largest absolute Gasteiger partial charge is 0.497 e. The van der Waals surface area contributed by atoms with Crippen molar-refractivity contribution < 1.29 is 24.5 Å². The van der Waals surface area contributed by atoms with E-state index in [0.717, 1.165) is 60.4 Å². The summed E-state index contributed by atoms with van der Waals surface area (Å²) < 4.78 is 5.42. The maximum atomic E-state index is 8.36. The molecule has 10 heteroatoms. The molecule has 1 aromatic carbocycles. The van der Waals surface area contributed by atoms with Crippen LogP contribution in [0.25, 0.3) is 0 Å². The van der Waals surface area contributed by atoms with Crippen LogP contribution in [0.5, 0.6) is 5.75 Å². The smallest absolute Gasteiger partial charge is 0.290 e. The minimum atomic E-state index is -0.250. The molecule has 0 spiro atoms. The highest BCUT2D eigenvalue weighted by Crippen LogP contribution is 2.34. The Morgan fingerprint density at radius 3 is 2.61 bits per heavy atom. The molecule has 0 bridgehead atoms. The van der Waals surface area contributed by atoms with Crippen molar-refractivity contribution in [3.8, 4) is 5.75 Å². The molecule has 3 N–H and O–H groups in total. The Balaban J connectivity index is 0.000000582. The Kier molecular flexibility index (Phi) is 9.81. The lowest BCUT2D eigenvalue weighted by atomic mass is 9.90. The minimum Gasteiger partial charge on any atom is -0.497 e. The van der Waals surface area contributed by atoms with Crippen LogP contribution in [0.3, 0.4) is 0 Å². The summed E-state index contributed by atoms with van der Waals surface area (Å²) in [6, 6.07) is 10.3. The Labute approximate surface area is 192 Å². The standard InChI is InChI=1S/C21H25N5O.2CH2O2/c1-4-6-19-24-14(2)9-20(25-19)26-11-17(21-18(12-26)22-13-23-21)15-7-5-8-16(10-15)27-3;2*2-1-3/h5,7-10,13,17H,4,6,11-12H2,1-3H3,(H,22,23);2*1H,(H,2,3). The molecule has 1 unspecified atom stereocenters. The number of rotatable bonds is 5. The molecule has 0 saturated heterocycles. The van der Waals surface area contributed by atoms with Gasteiger partial charge in [-0.15, -0.1) is 0 Å². The normalized spacial score (nSPS) is 14.0. The molecule has 3 aromatic rings. The van der Waals surface area contributed by atoms with Gasteiger partial charge in [-0.25, -0.2) is 15.0 Å². The second-order valence-electron chi connectivity index (χ2n) is 7.22. The summed E-state index contributed by atoms with van der Waals surface area (Å²) >= 11 is 0. The quantitative estimate of drug-likeness (QED) is 0.495. The molecule has 1 aliphatic heterocycles. The summed E-state index contributed by atoms with van der Waals surface area (Å²) in [7, 11) is 1.70. The number of nitrogens with zero attached hydrogens (tertiary/aromatic N) is 4.